The van der Waals surface area contributed by atoms with E-state index in [0.29, 0.717) is 47.6 Å². The fourth-order valence-corrected chi connectivity index (χ4v) is 5.76. The number of anilines is 3. The summed E-state index contributed by atoms with van der Waals surface area (Å²) in [5.74, 6) is 0.800. The van der Waals surface area contributed by atoms with E-state index >= 15 is 0 Å². The number of piperidine rings is 1. The minimum absolute atomic E-state index is 0.0536. The van der Waals surface area contributed by atoms with Crippen LogP contribution < -0.4 is 10.2 Å². The third-order valence-corrected chi connectivity index (χ3v) is 8.08. The summed E-state index contributed by atoms with van der Waals surface area (Å²) >= 11 is 0. The number of fused-ring (bicyclic) bond motifs is 1. The Morgan fingerprint density at radius 2 is 1.94 bits per heavy atom. The van der Waals surface area contributed by atoms with E-state index in [1.54, 1.807) is 12.4 Å². The molecule has 1 unspecified atom stereocenters. The second-order valence-corrected chi connectivity index (χ2v) is 10.6. The molecule has 0 spiro atoms. The summed E-state index contributed by atoms with van der Waals surface area (Å²) in [5.41, 5.74) is 1.60. The highest BCUT2D eigenvalue weighted by atomic mass is 19.3. The largest absolute Gasteiger partial charge is 0.368 e. The molecule has 188 valence electrons. The zero-order chi connectivity index (χ0) is 24.9. The van der Waals surface area contributed by atoms with E-state index in [-0.39, 0.29) is 5.56 Å². The number of hydrogen-bond donors (Lipinski definition) is 1. The number of nitrogens with zero attached hydrogens (tertiary/aromatic N) is 7. The van der Waals surface area contributed by atoms with Crippen LogP contribution in [0.5, 0.6) is 0 Å². The molecule has 2 aromatic heterocycles. The molecule has 1 saturated carbocycles. The molecule has 4 heterocycles. The van der Waals surface area contributed by atoms with Gasteiger partial charge in [-0.2, -0.15) is 10.4 Å². The number of aromatic nitrogens is 4. The Balaban J connectivity index is 1.29. The van der Waals surface area contributed by atoms with Crippen molar-refractivity contribution in [1.82, 2.24) is 24.6 Å². The lowest BCUT2D eigenvalue weighted by Gasteiger charge is -2.28. The number of halogens is 2. The van der Waals surface area contributed by atoms with Crippen molar-refractivity contribution in [3.8, 4) is 6.07 Å². The lowest BCUT2D eigenvalue weighted by atomic mass is 9.83. The van der Waals surface area contributed by atoms with E-state index in [1.807, 2.05) is 10.9 Å². The molecule has 1 atom stereocenters. The van der Waals surface area contributed by atoms with E-state index < -0.39 is 11.8 Å². The normalized spacial score (nSPS) is 23.5. The monoisotopic (exact) mass is 492 g/mol. The van der Waals surface area contributed by atoms with Gasteiger partial charge in [-0.25, -0.2) is 18.7 Å². The van der Waals surface area contributed by atoms with E-state index in [2.05, 4.69) is 38.3 Å². The average Bonchev–Trinajstić information content (AvgIpc) is 3.49. The lowest BCUT2D eigenvalue weighted by Crippen LogP contribution is -2.31. The molecule has 0 amide bonds. The molecule has 10 heteroatoms. The third-order valence-electron chi connectivity index (χ3n) is 8.08. The first-order chi connectivity index (χ1) is 17.4. The molecule has 2 aliphatic heterocycles. The number of likely N-dealkylation sites (tertiary alicyclic amines) is 1. The van der Waals surface area contributed by atoms with Crippen molar-refractivity contribution < 1.29 is 8.78 Å². The second kappa shape index (κ2) is 8.96. The third kappa shape index (κ3) is 4.26. The van der Waals surface area contributed by atoms with Gasteiger partial charge in [-0.15, -0.1) is 0 Å². The zero-order valence-electron chi connectivity index (χ0n) is 20.4. The van der Waals surface area contributed by atoms with Gasteiger partial charge in [0.15, 0.2) is 0 Å². The molecule has 1 aromatic carbocycles. The summed E-state index contributed by atoms with van der Waals surface area (Å²) in [5, 5.41) is 18.3. The van der Waals surface area contributed by atoms with Crippen LogP contribution in [-0.4, -0.2) is 57.9 Å². The highest BCUT2D eigenvalue weighted by Crippen LogP contribution is 2.51. The summed E-state index contributed by atoms with van der Waals surface area (Å²) in [6, 6.07) is 5.91. The summed E-state index contributed by atoms with van der Waals surface area (Å²) in [6.07, 6.45) is 7.74. The van der Waals surface area contributed by atoms with E-state index in [1.165, 1.54) is 12.1 Å². The molecule has 36 heavy (non-hydrogen) atoms. The van der Waals surface area contributed by atoms with Crippen molar-refractivity contribution in [2.24, 2.45) is 11.3 Å². The van der Waals surface area contributed by atoms with Crippen molar-refractivity contribution in [3.63, 3.8) is 0 Å². The predicted octanol–water partition coefficient (Wildman–Crippen LogP) is 4.90. The highest BCUT2D eigenvalue weighted by molar-refractivity contribution is 5.92. The minimum atomic E-state index is -2.59. The number of hydrogen-bond acceptors (Lipinski definition) is 7. The van der Waals surface area contributed by atoms with Gasteiger partial charge in [-0.3, -0.25) is 4.68 Å². The van der Waals surface area contributed by atoms with Crippen LogP contribution in [-0.2, 0) is 0 Å². The fraction of sp³-hybridized carbons (Fsp3) is 0.538. The van der Waals surface area contributed by atoms with Crippen LogP contribution in [0, 0.1) is 22.7 Å². The molecule has 1 aliphatic carbocycles. The van der Waals surface area contributed by atoms with E-state index in [4.69, 9.17) is 4.98 Å². The quantitative estimate of drug-likeness (QED) is 0.524. The summed E-state index contributed by atoms with van der Waals surface area (Å²) in [7, 11) is 2.14. The number of benzene rings is 1. The molecule has 3 fully saturated rings. The number of rotatable bonds is 6. The summed E-state index contributed by atoms with van der Waals surface area (Å²) < 4.78 is 29.5. The van der Waals surface area contributed by atoms with Crippen LogP contribution >= 0.6 is 0 Å². The first kappa shape index (κ1) is 23.1. The number of nitriles is 1. The molecular formula is C26H30F2N8. The van der Waals surface area contributed by atoms with Crippen molar-refractivity contribution in [2.75, 3.05) is 43.4 Å². The molecule has 0 bridgehead atoms. The van der Waals surface area contributed by atoms with Crippen molar-refractivity contribution in [1.29, 1.82) is 5.26 Å². The molecule has 0 radical (unpaired) electrons. The first-order valence-electron chi connectivity index (χ1n) is 12.7. The Bertz CT molecular complexity index is 1310. The van der Waals surface area contributed by atoms with E-state index in [9.17, 15) is 14.0 Å². The Labute approximate surface area is 208 Å². The van der Waals surface area contributed by atoms with Crippen LogP contribution in [0.1, 0.15) is 50.1 Å². The minimum Gasteiger partial charge on any atom is -0.368 e. The number of nitrogens with one attached hydrogen (secondary N) is 1. The SMILES string of the molecule is CN1CCC(n2cc(Nc3ncc4cc(C(F)F)cc(N5CCC(C#N)(C6CC6)C5)c4n3)cn2)CC1. The van der Waals surface area contributed by atoms with Gasteiger partial charge in [0.2, 0.25) is 5.95 Å². The molecule has 3 aliphatic rings. The Hall–Kier alpha value is -3.32. The number of alkyl halides is 2. The maximum absolute atomic E-state index is 13.7. The van der Waals surface area contributed by atoms with Crippen molar-refractivity contribution in [3.05, 3.63) is 36.3 Å². The van der Waals surface area contributed by atoms with Gasteiger partial charge in [0.25, 0.3) is 6.43 Å². The van der Waals surface area contributed by atoms with Crippen LogP contribution in [0.3, 0.4) is 0 Å². The Kier molecular flexibility index (Phi) is 5.75. The fourth-order valence-electron chi connectivity index (χ4n) is 5.76. The van der Waals surface area contributed by atoms with Gasteiger partial charge in [0.1, 0.15) is 0 Å². The van der Waals surface area contributed by atoms with Gasteiger partial charge < -0.3 is 15.1 Å². The van der Waals surface area contributed by atoms with Crippen LogP contribution in [0.15, 0.2) is 30.7 Å². The molecule has 3 aromatic rings. The second-order valence-electron chi connectivity index (χ2n) is 10.6. The summed E-state index contributed by atoms with van der Waals surface area (Å²) in [4.78, 5) is 13.5. The van der Waals surface area contributed by atoms with E-state index in [0.717, 1.165) is 50.9 Å². The first-order valence-corrected chi connectivity index (χ1v) is 12.7. The Morgan fingerprint density at radius 3 is 2.67 bits per heavy atom. The van der Waals surface area contributed by atoms with Gasteiger partial charge in [-0.05, 0) is 70.3 Å². The van der Waals surface area contributed by atoms with Crippen LogP contribution in [0.25, 0.3) is 10.9 Å². The van der Waals surface area contributed by atoms with Crippen molar-refractivity contribution >= 4 is 28.2 Å². The smallest absolute Gasteiger partial charge is 0.263 e. The van der Waals surface area contributed by atoms with Crippen molar-refractivity contribution in [2.45, 2.75) is 44.6 Å². The Morgan fingerprint density at radius 1 is 1.14 bits per heavy atom. The molecule has 6 rings (SSSR count). The molecule has 1 N–H and O–H groups in total. The topological polar surface area (TPSA) is 85.9 Å². The maximum Gasteiger partial charge on any atom is 0.263 e. The lowest BCUT2D eigenvalue weighted by molar-refractivity contribution is 0.151. The van der Waals surface area contributed by atoms with Gasteiger partial charge in [-0.1, -0.05) is 0 Å². The molecular weight excluding hydrogens is 462 g/mol. The zero-order valence-corrected chi connectivity index (χ0v) is 20.4. The van der Waals surface area contributed by atoms with Gasteiger partial charge in [0.05, 0.1) is 40.6 Å². The van der Waals surface area contributed by atoms with Crippen LogP contribution in [0.4, 0.5) is 26.1 Å². The molecule has 8 nitrogen and oxygen atoms in total. The van der Waals surface area contributed by atoms with Gasteiger partial charge in [0, 0.05) is 36.4 Å². The average molecular weight is 493 g/mol. The predicted molar refractivity (Wildman–Crippen MR) is 133 cm³/mol. The highest BCUT2D eigenvalue weighted by Gasteiger charge is 2.50. The van der Waals surface area contributed by atoms with Gasteiger partial charge >= 0.3 is 0 Å². The van der Waals surface area contributed by atoms with Crippen LogP contribution in [0.2, 0.25) is 0 Å². The summed E-state index contributed by atoms with van der Waals surface area (Å²) in [6.45, 7) is 3.30. The maximum atomic E-state index is 13.7. The standard InChI is InChI=1S/C26H30F2N8/c1-34-7-4-21(5-8-34)36-14-20(13-31-36)32-25-30-12-18-10-17(24(27)28)11-22(23(18)33-25)35-9-6-26(15-29,16-35)19-2-3-19/h10-14,19,21,24H,2-9,16H2,1H3,(H,30,32,33). The molecule has 2 saturated heterocycles.